The van der Waals surface area contributed by atoms with E-state index >= 15 is 0 Å². The number of allylic oxidation sites excluding steroid dienone is 6. The number of hydrogen-bond acceptors (Lipinski definition) is 8. The van der Waals surface area contributed by atoms with E-state index < -0.39 is 24.3 Å². The molecule has 0 aromatic heterocycles. The van der Waals surface area contributed by atoms with Crippen molar-refractivity contribution < 1.29 is 42.9 Å². The number of nitrogens with zero attached hydrogens (tertiary/aromatic N) is 1. The lowest BCUT2D eigenvalue weighted by Gasteiger charge is -2.26. The Morgan fingerprint density at radius 3 is 0.941 bits per heavy atom. The number of rotatable bonds is 70. The van der Waals surface area contributed by atoms with Crippen molar-refractivity contribution in [3.05, 3.63) is 36.5 Å². The van der Waals surface area contributed by atoms with Gasteiger partial charge in [-0.3, -0.25) is 9.59 Å². The molecule has 0 aliphatic carbocycles. The molecule has 0 fully saturated rings. The fourth-order valence-corrected chi connectivity index (χ4v) is 11.2. The van der Waals surface area contributed by atoms with Gasteiger partial charge in [-0.2, -0.15) is 0 Å². The van der Waals surface area contributed by atoms with Gasteiger partial charge in [-0.25, -0.2) is 0 Å². The summed E-state index contributed by atoms with van der Waals surface area (Å²) < 4.78 is 22.8. The second-order valence-electron chi connectivity index (χ2n) is 26.6. The maximum absolute atomic E-state index is 12.9. The molecule has 0 rings (SSSR count). The Balaban J connectivity index is 3.98. The van der Waals surface area contributed by atoms with Gasteiger partial charge in [-0.15, -0.1) is 0 Å². The number of carboxylic acids is 1. The number of ether oxygens (including phenoxy) is 4. The Kier molecular flexibility index (Phi) is 65.5. The number of quaternary nitrogens is 1. The number of carbonyl (C=O) groups is 3. The van der Waals surface area contributed by atoms with E-state index in [-0.39, 0.29) is 32.2 Å². The van der Waals surface area contributed by atoms with Crippen LogP contribution in [-0.4, -0.2) is 82.3 Å². The minimum absolute atomic E-state index is 0.149. The predicted octanol–water partition coefficient (Wildman–Crippen LogP) is 21.8. The molecular formula is C76H143NO8. The van der Waals surface area contributed by atoms with Crippen molar-refractivity contribution in [2.75, 3.05) is 47.5 Å². The van der Waals surface area contributed by atoms with Crippen LogP contribution in [0.25, 0.3) is 0 Å². The fraction of sp³-hybridized carbons (Fsp3) is 0.882. The first-order chi connectivity index (χ1) is 41.6. The van der Waals surface area contributed by atoms with Crippen LogP contribution in [0.3, 0.4) is 0 Å². The highest BCUT2D eigenvalue weighted by atomic mass is 16.7. The van der Waals surface area contributed by atoms with Crippen LogP contribution in [0.4, 0.5) is 0 Å². The van der Waals surface area contributed by atoms with Gasteiger partial charge in [0.15, 0.2) is 12.4 Å². The third-order valence-corrected chi connectivity index (χ3v) is 16.9. The molecule has 0 heterocycles. The highest BCUT2D eigenvalue weighted by molar-refractivity contribution is 5.70. The molecule has 85 heavy (non-hydrogen) atoms. The third kappa shape index (κ3) is 68.9. The molecule has 0 saturated heterocycles. The van der Waals surface area contributed by atoms with Gasteiger partial charge in [0.1, 0.15) is 13.2 Å². The number of aliphatic carboxylic acids is 1. The van der Waals surface area contributed by atoms with E-state index in [2.05, 4.69) is 50.3 Å². The van der Waals surface area contributed by atoms with Crippen LogP contribution >= 0.6 is 0 Å². The topological polar surface area (TPSA) is 111 Å². The van der Waals surface area contributed by atoms with Crippen molar-refractivity contribution in [1.29, 1.82) is 0 Å². The van der Waals surface area contributed by atoms with Crippen LogP contribution in [0.15, 0.2) is 36.5 Å². The van der Waals surface area contributed by atoms with Gasteiger partial charge in [0.2, 0.25) is 0 Å². The van der Waals surface area contributed by atoms with Gasteiger partial charge in [-0.1, -0.05) is 326 Å². The SMILES string of the molecule is CCCCCCC/C=C\C/C=C\CCCCCCCCCCCCCC(=O)OC(COC(=O)CCCCCCCCCCCCCCCCCCCCCCCCCCC/C=C\CCCCCCCCCC)COC(OCC[N+](C)(C)C)C(=O)[O-]. The molecule has 0 spiro atoms. The number of unbranched alkanes of at least 4 members (excludes halogenated alkanes) is 49. The molecule has 0 N–H and O–H groups in total. The molecule has 0 aromatic rings. The standard InChI is InChI=1S/C76H143NO8/c1-6-8-10-12-14-16-18-20-22-24-26-28-30-31-32-33-34-35-36-37-38-39-40-41-42-43-45-46-48-50-52-54-56-58-60-62-64-66-73(78)83-70-72(71-84-76(75(80)81)82-69-68-77(3,4)5)85-74(79)67-65-63-61-59-57-55-53-51-49-47-44-29-27-25-23-21-19-17-15-13-11-9-7-2/h19,21,24-27,72,76H,6-18,20,22-23,28-71H2,1-5H3/b21-19-,26-24-,27-25-. The van der Waals surface area contributed by atoms with E-state index in [4.69, 9.17) is 18.9 Å². The summed E-state index contributed by atoms with van der Waals surface area (Å²) >= 11 is 0. The Bertz CT molecular complexity index is 1490. The van der Waals surface area contributed by atoms with E-state index in [1.165, 1.54) is 295 Å². The first-order valence-corrected chi connectivity index (χ1v) is 37.1. The van der Waals surface area contributed by atoms with Gasteiger partial charge in [0.25, 0.3) is 0 Å². The molecule has 2 unspecified atom stereocenters. The van der Waals surface area contributed by atoms with Gasteiger partial charge in [-0.05, 0) is 70.6 Å². The Morgan fingerprint density at radius 1 is 0.353 bits per heavy atom. The van der Waals surface area contributed by atoms with Crippen LogP contribution in [0.1, 0.15) is 373 Å². The summed E-state index contributed by atoms with van der Waals surface area (Å²) in [5, 5.41) is 11.8. The molecule has 0 saturated carbocycles. The highest BCUT2D eigenvalue weighted by Gasteiger charge is 2.22. The molecule has 0 aliphatic heterocycles. The summed E-state index contributed by atoms with van der Waals surface area (Å²) in [6, 6.07) is 0. The number of hydrogen-bond donors (Lipinski definition) is 0. The van der Waals surface area contributed by atoms with E-state index in [0.717, 1.165) is 44.9 Å². The maximum Gasteiger partial charge on any atom is 0.306 e. The van der Waals surface area contributed by atoms with Crippen molar-refractivity contribution >= 4 is 17.9 Å². The first kappa shape index (κ1) is 82.5. The maximum atomic E-state index is 12.9. The molecule has 9 heteroatoms. The van der Waals surface area contributed by atoms with Crippen molar-refractivity contribution in [3.63, 3.8) is 0 Å². The fourth-order valence-electron chi connectivity index (χ4n) is 11.2. The molecule has 500 valence electrons. The van der Waals surface area contributed by atoms with E-state index in [9.17, 15) is 19.5 Å². The second kappa shape index (κ2) is 67.4. The van der Waals surface area contributed by atoms with Crippen LogP contribution in [0, 0.1) is 0 Å². The Labute approximate surface area is 528 Å². The summed E-state index contributed by atoms with van der Waals surface area (Å²) in [7, 11) is 5.94. The average Bonchev–Trinajstić information content (AvgIpc) is 3.49. The minimum Gasteiger partial charge on any atom is -0.545 e. The summed E-state index contributed by atoms with van der Waals surface area (Å²) in [6.07, 6.45) is 82.5. The van der Waals surface area contributed by atoms with E-state index in [1.807, 2.05) is 21.1 Å². The molecule has 0 radical (unpaired) electrons. The van der Waals surface area contributed by atoms with Crippen LogP contribution in [0.2, 0.25) is 0 Å². The van der Waals surface area contributed by atoms with Gasteiger partial charge in [0.05, 0.1) is 40.3 Å². The third-order valence-electron chi connectivity index (χ3n) is 16.9. The predicted molar refractivity (Wildman–Crippen MR) is 362 cm³/mol. The smallest absolute Gasteiger partial charge is 0.306 e. The lowest BCUT2D eigenvalue weighted by Crippen LogP contribution is -2.44. The molecule has 0 amide bonds. The minimum atomic E-state index is -1.62. The van der Waals surface area contributed by atoms with Crippen LogP contribution in [0.5, 0.6) is 0 Å². The summed E-state index contributed by atoms with van der Waals surface area (Å²) in [5.41, 5.74) is 0. The molecule has 2 atom stereocenters. The molecule has 0 aromatic carbocycles. The van der Waals surface area contributed by atoms with Crippen LogP contribution < -0.4 is 5.11 Å². The summed E-state index contributed by atoms with van der Waals surface area (Å²) in [6.45, 7) is 4.80. The average molecular weight is 1200 g/mol. The number of likely N-dealkylation sites (N-methyl/N-ethyl adjacent to an activating group) is 1. The number of carbonyl (C=O) groups excluding carboxylic acids is 3. The van der Waals surface area contributed by atoms with Crippen molar-refractivity contribution in [2.24, 2.45) is 0 Å². The molecule has 0 aliphatic rings. The number of carboxylic acid groups (broad SMARTS) is 1. The molecule has 9 nitrogen and oxygen atoms in total. The Hall–Kier alpha value is -2.49. The van der Waals surface area contributed by atoms with Crippen LogP contribution in [-0.2, 0) is 33.3 Å². The zero-order valence-electron chi connectivity index (χ0n) is 57.3. The van der Waals surface area contributed by atoms with Crippen molar-refractivity contribution in [2.45, 2.75) is 386 Å². The second-order valence-corrected chi connectivity index (χ2v) is 26.6. The highest BCUT2D eigenvalue weighted by Crippen LogP contribution is 2.19. The normalized spacial score (nSPS) is 12.8. The lowest BCUT2D eigenvalue weighted by atomic mass is 10.0. The zero-order chi connectivity index (χ0) is 61.9. The summed E-state index contributed by atoms with van der Waals surface area (Å²) in [5.74, 6) is -2.26. The largest absolute Gasteiger partial charge is 0.545 e. The quantitative estimate of drug-likeness (QED) is 0.0195. The number of esters is 2. The van der Waals surface area contributed by atoms with Crippen molar-refractivity contribution in [1.82, 2.24) is 0 Å². The van der Waals surface area contributed by atoms with Gasteiger partial charge >= 0.3 is 11.9 Å². The zero-order valence-corrected chi connectivity index (χ0v) is 57.3. The van der Waals surface area contributed by atoms with E-state index in [0.29, 0.717) is 23.9 Å². The monoisotopic (exact) mass is 1200 g/mol. The summed E-state index contributed by atoms with van der Waals surface area (Å²) in [4.78, 5) is 37.5. The van der Waals surface area contributed by atoms with Gasteiger partial charge in [0, 0.05) is 12.8 Å². The Morgan fingerprint density at radius 2 is 0.635 bits per heavy atom. The van der Waals surface area contributed by atoms with Crippen molar-refractivity contribution in [3.8, 4) is 0 Å². The molecular weight excluding hydrogens is 1050 g/mol. The van der Waals surface area contributed by atoms with Gasteiger partial charge < -0.3 is 33.3 Å². The lowest BCUT2D eigenvalue weighted by molar-refractivity contribution is -0.870. The first-order valence-electron chi connectivity index (χ1n) is 37.1. The van der Waals surface area contributed by atoms with E-state index in [1.54, 1.807) is 0 Å². The molecule has 0 bridgehead atoms.